The molecule has 2 N–H and O–H groups in total. The molecule has 0 aliphatic carbocycles. The van der Waals surface area contributed by atoms with Crippen LogP contribution in [0.25, 0.3) is 0 Å². The number of rotatable bonds is 2. The van der Waals surface area contributed by atoms with E-state index in [9.17, 15) is 4.79 Å². The molecule has 0 amide bonds. The maximum Gasteiger partial charge on any atom is 0.119 e. The fourth-order valence-electron chi connectivity index (χ4n) is 0.118. The Morgan fingerprint density at radius 1 is 1.50 bits per heavy atom. The van der Waals surface area contributed by atoms with E-state index >= 15 is 0 Å². The summed E-state index contributed by atoms with van der Waals surface area (Å²) in [6.07, 6.45) is 2.61. The lowest BCUT2D eigenvalue weighted by molar-refractivity contribution is -0.107. The summed E-state index contributed by atoms with van der Waals surface area (Å²) >= 11 is 0. The van der Waals surface area contributed by atoms with Crippen molar-refractivity contribution in [3.8, 4) is 0 Å². The van der Waals surface area contributed by atoms with E-state index in [-0.39, 0.29) is 0 Å². The lowest BCUT2D eigenvalue weighted by Gasteiger charge is -1.68. The SMILES string of the molecule is CCCC=O.CCN. The summed E-state index contributed by atoms with van der Waals surface area (Å²) in [5.74, 6) is 0. The van der Waals surface area contributed by atoms with E-state index in [1.54, 1.807) is 0 Å². The second-order valence-electron chi connectivity index (χ2n) is 1.36. The van der Waals surface area contributed by atoms with Crippen LogP contribution in [-0.4, -0.2) is 12.8 Å². The van der Waals surface area contributed by atoms with Gasteiger partial charge in [0.2, 0.25) is 0 Å². The van der Waals surface area contributed by atoms with Crippen molar-refractivity contribution >= 4 is 6.29 Å². The zero-order valence-corrected chi connectivity index (χ0v) is 5.68. The van der Waals surface area contributed by atoms with Crippen molar-refractivity contribution in [3.63, 3.8) is 0 Å². The minimum atomic E-state index is 0.708. The van der Waals surface area contributed by atoms with Gasteiger partial charge in [-0.15, -0.1) is 0 Å². The third-order valence-electron chi connectivity index (χ3n) is 0.407. The van der Waals surface area contributed by atoms with E-state index in [2.05, 4.69) is 0 Å². The first-order valence-corrected chi connectivity index (χ1v) is 2.97. The number of hydrogen-bond acceptors (Lipinski definition) is 2. The van der Waals surface area contributed by atoms with Gasteiger partial charge >= 0.3 is 0 Å². The van der Waals surface area contributed by atoms with Crippen molar-refractivity contribution in [3.05, 3.63) is 0 Å². The van der Waals surface area contributed by atoms with Crippen LogP contribution in [0.5, 0.6) is 0 Å². The molecule has 8 heavy (non-hydrogen) atoms. The normalized spacial score (nSPS) is 6.88. The van der Waals surface area contributed by atoms with Crippen molar-refractivity contribution in [1.29, 1.82) is 0 Å². The van der Waals surface area contributed by atoms with Crippen LogP contribution in [0, 0.1) is 0 Å². The predicted octanol–water partition coefficient (Wildman–Crippen LogP) is 0.950. The monoisotopic (exact) mass is 117 g/mol. The van der Waals surface area contributed by atoms with Crippen LogP contribution in [0.4, 0.5) is 0 Å². The maximum atomic E-state index is 9.40. The van der Waals surface area contributed by atoms with E-state index < -0.39 is 0 Å². The van der Waals surface area contributed by atoms with Gasteiger partial charge in [0.15, 0.2) is 0 Å². The smallest absolute Gasteiger partial charge is 0.119 e. The molecule has 0 radical (unpaired) electrons. The highest BCUT2D eigenvalue weighted by molar-refractivity contribution is 5.48. The standard InChI is InChI=1S/C4H8O.C2H7N/c1-2-3-4-5;1-2-3/h4H,2-3H2,1H3;2-3H2,1H3. The topological polar surface area (TPSA) is 43.1 Å². The Kier molecular flexibility index (Phi) is 21.1. The van der Waals surface area contributed by atoms with Crippen LogP contribution in [0.3, 0.4) is 0 Å². The summed E-state index contributed by atoms with van der Waals surface area (Å²) < 4.78 is 0. The number of carbonyl (C=O) groups excluding carboxylic acids is 1. The van der Waals surface area contributed by atoms with Crippen molar-refractivity contribution in [2.24, 2.45) is 5.73 Å². The van der Waals surface area contributed by atoms with Crippen LogP contribution in [0.15, 0.2) is 0 Å². The predicted molar refractivity (Wildman–Crippen MR) is 35.7 cm³/mol. The zero-order chi connectivity index (χ0) is 6.83. The minimum absolute atomic E-state index is 0.708. The molecule has 0 aliphatic rings. The van der Waals surface area contributed by atoms with E-state index in [4.69, 9.17) is 5.73 Å². The van der Waals surface area contributed by atoms with Crippen LogP contribution in [-0.2, 0) is 4.79 Å². The quantitative estimate of drug-likeness (QED) is 0.547. The highest BCUT2D eigenvalue weighted by Crippen LogP contribution is 1.74. The van der Waals surface area contributed by atoms with Crippen molar-refractivity contribution in [2.75, 3.05) is 6.54 Å². The van der Waals surface area contributed by atoms with Crippen molar-refractivity contribution in [2.45, 2.75) is 26.7 Å². The average Bonchev–Trinajstić information content (AvgIpc) is 1.71. The van der Waals surface area contributed by atoms with E-state index in [1.807, 2.05) is 13.8 Å². The maximum absolute atomic E-state index is 9.40. The van der Waals surface area contributed by atoms with Gasteiger partial charge in [0.25, 0.3) is 0 Å². The summed E-state index contributed by atoms with van der Waals surface area (Å²) in [6.45, 7) is 4.63. The van der Waals surface area contributed by atoms with E-state index in [0.717, 1.165) is 19.3 Å². The van der Waals surface area contributed by atoms with Gasteiger partial charge in [0, 0.05) is 6.42 Å². The second-order valence-corrected chi connectivity index (χ2v) is 1.36. The Hall–Kier alpha value is -0.370. The van der Waals surface area contributed by atoms with Crippen molar-refractivity contribution < 1.29 is 4.79 Å². The van der Waals surface area contributed by atoms with E-state index in [1.165, 1.54) is 0 Å². The Bertz CT molecular complexity index is 37.5. The molecule has 0 aromatic heterocycles. The first kappa shape index (κ1) is 10.6. The zero-order valence-electron chi connectivity index (χ0n) is 5.68. The van der Waals surface area contributed by atoms with Gasteiger partial charge in [-0.2, -0.15) is 0 Å². The lowest BCUT2D eigenvalue weighted by Crippen LogP contribution is -1.87. The molecule has 2 heteroatoms. The van der Waals surface area contributed by atoms with Crippen LogP contribution >= 0.6 is 0 Å². The molecule has 0 aromatic rings. The Morgan fingerprint density at radius 3 is 1.88 bits per heavy atom. The fourth-order valence-corrected chi connectivity index (χ4v) is 0.118. The number of nitrogens with two attached hydrogens (primary N) is 1. The molecule has 0 aliphatic heterocycles. The molecule has 0 saturated heterocycles. The van der Waals surface area contributed by atoms with Gasteiger partial charge in [-0.1, -0.05) is 13.8 Å². The first-order valence-electron chi connectivity index (χ1n) is 2.97. The molecule has 0 heterocycles. The van der Waals surface area contributed by atoms with Gasteiger partial charge in [0.05, 0.1) is 0 Å². The largest absolute Gasteiger partial charge is 0.331 e. The van der Waals surface area contributed by atoms with Gasteiger partial charge in [-0.3, -0.25) is 0 Å². The molecule has 0 atom stereocenters. The third kappa shape index (κ3) is 45.4. The molecule has 2 nitrogen and oxygen atoms in total. The lowest BCUT2D eigenvalue weighted by atomic mass is 10.4. The first-order chi connectivity index (χ1) is 3.83. The summed E-state index contributed by atoms with van der Waals surface area (Å²) in [7, 11) is 0. The van der Waals surface area contributed by atoms with Gasteiger partial charge in [0.1, 0.15) is 6.29 Å². The number of hydrogen-bond donors (Lipinski definition) is 1. The summed E-state index contributed by atoms with van der Waals surface area (Å²) in [5, 5.41) is 0. The Labute approximate surface area is 51.1 Å². The third-order valence-corrected chi connectivity index (χ3v) is 0.407. The van der Waals surface area contributed by atoms with Gasteiger partial charge < -0.3 is 10.5 Å². The van der Waals surface area contributed by atoms with Crippen molar-refractivity contribution in [1.82, 2.24) is 0 Å². The highest BCUT2D eigenvalue weighted by atomic mass is 16.1. The Morgan fingerprint density at radius 2 is 1.88 bits per heavy atom. The molecule has 0 aromatic carbocycles. The number of carbonyl (C=O) groups is 1. The molecule has 50 valence electrons. The summed E-state index contributed by atoms with van der Waals surface area (Å²) in [4.78, 5) is 9.40. The molecule has 0 saturated carbocycles. The van der Waals surface area contributed by atoms with Gasteiger partial charge in [-0.25, -0.2) is 0 Å². The van der Waals surface area contributed by atoms with Crippen LogP contribution < -0.4 is 5.73 Å². The molecule has 0 bridgehead atoms. The molecular weight excluding hydrogens is 102 g/mol. The molecule has 0 unspecified atom stereocenters. The number of aldehydes is 1. The van der Waals surface area contributed by atoms with Crippen LogP contribution in [0.2, 0.25) is 0 Å². The second kappa shape index (κ2) is 15.9. The summed E-state index contributed by atoms with van der Waals surface area (Å²) in [6, 6.07) is 0. The molecular formula is C6H15NO. The Balaban J connectivity index is 0. The minimum Gasteiger partial charge on any atom is -0.331 e. The molecule has 0 spiro atoms. The van der Waals surface area contributed by atoms with Crippen LogP contribution in [0.1, 0.15) is 26.7 Å². The summed E-state index contributed by atoms with van der Waals surface area (Å²) in [5.41, 5.74) is 4.85. The van der Waals surface area contributed by atoms with Gasteiger partial charge in [-0.05, 0) is 13.0 Å². The molecule has 0 fully saturated rings. The highest BCUT2D eigenvalue weighted by Gasteiger charge is 1.66. The number of unbranched alkanes of at least 4 members (excludes halogenated alkanes) is 1. The van der Waals surface area contributed by atoms with E-state index in [0.29, 0.717) is 6.42 Å². The fraction of sp³-hybridized carbons (Fsp3) is 0.833. The average molecular weight is 117 g/mol. The molecule has 0 rings (SSSR count).